The lowest BCUT2D eigenvalue weighted by atomic mass is 9.99. The van der Waals surface area contributed by atoms with Crippen molar-refractivity contribution < 1.29 is 4.39 Å². The van der Waals surface area contributed by atoms with Gasteiger partial charge in [0, 0.05) is 42.9 Å². The van der Waals surface area contributed by atoms with Crippen LogP contribution in [0, 0.1) is 0 Å². The fraction of sp³-hybridized carbons (Fsp3) is 0.231. The van der Waals surface area contributed by atoms with Crippen LogP contribution in [0.2, 0.25) is 0 Å². The van der Waals surface area contributed by atoms with Gasteiger partial charge in [0.1, 0.15) is 12.5 Å². The van der Waals surface area contributed by atoms with Gasteiger partial charge in [-0.3, -0.25) is 4.98 Å². The van der Waals surface area contributed by atoms with Crippen LogP contribution in [0.3, 0.4) is 0 Å². The Morgan fingerprint density at radius 2 is 1.88 bits per heavy atom. The molecule has 5 rings (SSSR count). The van der Waals surface area contributed by atoms with Crippen molar-refractivity contribution in [2.75, 3.05) is 35.0 Å². The number of halogens is 1. The molecule has 0 saturated carbocycles. The van der Waals surface area contributed by atoms with Crippen LogP contribution >= 0.6 is 0 Å². The maximum absolute atomic E-state index is 13.5. The van der Waals surface area contributed by atoms with Gasteiger partial charge in [-0.15, -0.1) is 0 Å². The van der Waals surface area contributed by atoms with E-state index < -0.39 is 6.67 Å². The predicted octanol–water partition coefficient (Wildman–Crippen LogP) is 5.18. The topological polar surface area (TPSA) is 35.5 Å². The highest BCUT2D eigenvalue weighted by Gasteiger charge is 2.37. The summed E-state index contributed by atoms with van der Waals surface area (Å²) in [7, 11) is 1.98. The van der Waals surface area contributed by atoms with Gasteiger partial charge in [0.25, 0.3) is 0 Å². The van der Waals surface area contributed by atoms with Gasteiger partial charge in [0.05, 0.1) is 17.8 Å². The lowest BCUT2D eigenvalue weighted by Gasteiger charge is -2.42. The Morgan fingerprint density at radius 3 is 2.62 bits per heavy atom. The van der Waals surface area contributed by atoms with Crippen LogP contribution in [0.1, 0.15) is 29.7 Å². The van der Waals surface area contributed by atoms with Crippen LogP contribution in [0.15, 0.2) is 79.8 Å². The van der Waals surface area contributed by atoms with E-state index in [1.165, 1.54) is 5.56 Å². The Hall–Kier alpha value is -3.67. The highest BCUT2D eigenvalue weighted by atomic mass is 19.1. The second-order valence-corrected chi connectivity index (χ2v) is 8.21. The summed E-state index contributed by atoms with van der Waals surface area (Å²) >= 11 is 0. The van der Waals surface area contributed by atoms with Crippen molar-refractivity contribution in [3.63, 3.8) is 0 Å². The first-order valence-corrected chi connectivity index (χ1v) is 10.8. The maximum Gasteiger partial charge on any atom is 0.155 e. The molecule has 2 aliphatic rings. The monoisotopic (exact) mass is 427 g/mol. The third kappa shape index (κ3) is 2.98. The largest absolute Gasteiger partial charge is 0.344 e. The van der Waals surface area contributed by atoms with Crippen LogP contribution in [0.25, 0.3) is 5.70 Å². The standard InChI is InChI=1S/C26H26FN5/c1-17-18(2)31(15-13-27)26-23(30(17)4)11-12-24(29-26)32-19(3)21-9-5-6-10-22(21)25(32)20-8-7-14-28-16-20/h5-12,14,16,18,25H,1,3,13,15H2,2,4H3. The number of aromatic nitrogens is 2. The van der Waals surface area contributed by atoms with Crippen molar-refractivity contribution >= 4 is 23.0 Å². The number of nitrogens with zero attached hydrogens (tertiary/aromatic N) is 5. The first-order chi connectivity index (χ1) is 15.5. The Kier molecular flexibility index (Phi) is 4.93. The molecule has 2 atom stereocenters. The Labute approximate surface area is 188 Å². The number of fused-ring (bicyclic) bond motifs is 2. The fourth-order valence-corrected chi connectivity index (χ4v) is 4.79. The summed E-state index contributed by atoms with van der Waals surface area (Å²) in [6, 6.07) is 16.2. The van der Waals surface area contributed by atoms with Crippen molar-refractivity contribution in [2.24, 2.45) is 0 Å². The molecule has 6 heteroatoms. The molecular formula is C26H26FN5. The minimum atomic E-state index is -0.452. The van der Waals surface area contributed by atoms with E-state index in [0.29, 0.717) is 0 Å². The number of hydrogen-bond donors (Lipinski definition) is 0. The average Bonchev–Trinajstić information content (AvgIpc) is 3.13. The zero-order valence-corrected chi connectivity index (χ0v) is 18.4. The molecule has 32 heavy (non-hydrogen) atoms. The van der Waals surface area contributed by atoms with Crippen molar-refractivity contribution in [3.05, 3.63) is 96.5 Å². The zero-order chi connectivity index (χ0) is 22.4. The van der Waals surface area contributed by atoms with Crippen molar-refractivity contribution in [2.45, 2.75) is 19.0 Å². The summed E-state index contributed by atoms with van der Waals surface area (Å²) in [5.41, 5.74) is 6.07. The minimum Gasteiger partial charge on any atom is -0.344 e. The molecule has 0 fully saturated rings. The molecule has 3 aromatic rings. The quantitative estimate of drug-likeness (QED) is 0.573. The van der Waals surface area contributed by atoms with Crippen LogP contribution in [0.4, 0.5) is 21.7 Å². The van der Waals surface area contributed by atoms with Crippen molar-refractivity contribution in [1.82, 2.24) is 9.97 Å². The van der Waals surface area contributed by atoms with E-state index >= 15 is 0 Å². The molecule has 2 aliphatic heterocycles. The van der Waals surface area contributed by atoms with Gasteiger partial charge in [-0.25, -0.2) is 9.37 Å². The maximum atomic E-state index is 13.5. The van der Waals surface area contributed by atoms with Crippen LogP contribution in [0.5, 0.6) is 0 Å². The van der Waals surface area contributed by atoms with Crippen LogP contribution in [-0.4, -0.2) is 36.3 Å². The normalized spacial score (nSPS) is 19.9. The number of pyridine rings is 2. The molecule has 162 valence electrons. The van der Waals surface area contributed by atoms with E-state index in [4.69, 9.17) is 4.98 Å². The second kappa shape index (κ2) is 7.79. The lowest BCUT2D eigenvalue weighted by molar-refractivity contribution is 0.477. The predicted molar refractivity (Wildman–Crippen MR) is 129 cm³/mol. The molecule has 0 spiro atoms. The molecule has 1 aromatic carbocycles. The zero-order valence-electron chi connectivity index (χ0n) is 18.4. The molecule has 0 saturated heterocycles. The summed E-state index contributed by atoms with van der Waals surface area (Å²) in [6.45, 7) is 10.5. The second-order valence-electron chi connectivity index (χ2n) is 8.21. The molecule has 0 aliphatic carbocycles. The van der Waals surface area contributed by atoms with Crippen LogP contribution < -0.4 is 14.7 Å². The number of rotatable bonds is 4. The average molecular weight is 428 g/mol. The lowest BCUT2D eigenvalue weighted by Crippen LogP contribution is -2.45. The molecule has 0 amide bonds. The first-order valence-electron chi connectivity index (χ1n) is 10.8. The number of likely N-dealkylation sites (N-methyl/N-ethyl adjacent to an activating group) is 1. The Morgan fingerprint density at radius 1 is 1.06 bits per heavy atom. The highest BCUT2D eigenvalue weighted by molar-refractivity contribution is 5.87. The third-order valence-electron chi connectivity index (χ3n) is 6.54. The van der Waals surface area contributed by atoms with E-state index in [1.54, 1.807) is 6.20 Å². The number of anilines is 3. The van der Waals surface area contributed by atoms with Gasteiger partial charge in [-0.05, 0) is 36.2 Å². The summed E-state index contributed by atoms with van der Waals surface area (Å²) in [4.78, 5) is 15.6. The summed E-state index contributed by atoms with van der Waals surface area (Å²) < 4.78 is 13.5. The van der Waals surface area contributed by atoms with Gasteiger partial charge in [0.2, 0.25) is 0 Å². The molecule has 4 heterocycles. The molecule has 2 aromatic heterocycles. The van der Waals surface area contributed by atoms with Gasteiger partial charge < -0.3 is 14.7 Å². The molecular weight excluding hydrogens is 401 g/mol. The summed E-state index contributed by atoms with van der Waals surface area (Å²) in [5, 5.41) is 0. The van der Waals surface area contributed by atoms with E-state index in [9.17, 15) is 4.39 Å². The molecule has 2 unspecified atom stereocenters. The van der Waals surface area contributed by atoms with Gasteiger partial charge in [-0.2, -0.15) is 0 Å². The highest BCUT2D eigenvalue weighted by Crippen LogP contribution is 2.47. The Bertz CT molecular complexity index is 1190. The Balaban J connectivity index is 1.66. The third-order valence-corrected chi connectivity index (χ3v) is 6.54. The molecule has 0 bridgehead atoms. The van der Waals surface area contributed by atoms with Crippen molar-refractivity contribution in [3.8, 4) is 0 Å². The van der Waals surface area contributed by atoms with E-state index in [0.717, 1.165) is 39.8 Å². The van der Waals surface area contributed by atoms with Gasteiger partial charge in [-0.1, -0.05) is 43.5 Å². The van der Waals surface area contributed by atoms with E-state index in [1.807, 2.05) is 60.3 Å². The van der Waals surface area contributed by atoms with Gasteiger partial charge >= 0.3 is 0 Å². The summed E-state index contributed by atoms with van der Waals surface area (Å²) in [6.07, 6.45) is 3.67. The number of benzene rings is 1. The van der Waals surface area contributed by atoms with E-state index in [-0.39, 0.29) is 18.6 Å². The fourth-order valence-electron chi connectivity index (χ4n) is 4.79. The SMILES string of the molecule is C=C1C(C)N(CCF)c2nc(N3C(=C)c4ccccc4C3c3cccnc3)ccc2N1C. The molecule has 5 nitrogen and oxygen atoms in total. The molecule has 0 radical (unpaired) electrons. The van der Waals surface area contributed by atoms with Gasteiger partial charge in [0.15, 0.2) is 5.82 Å². The van der Waals surface area contributed by atoms with Crippen molar-refractivity contribution in [1.29, 1.82) is 0 Å². The van der Waals surface area contributed by atoms with E-state index in [2.05, 4.69) is 41.2 Å². The number of alkyl halides is 1. The van der Waals surface area contributed by atoms with Crippen LogP contribution in [-0.2, 0) is 0 Å². The smallest absolute Gasteiger partial charge is 0.155 e. The minimum absolute atomic E-state index is 0.0425. The summed E-state index contributed by atoms with van der Waals surface area (Å²) in [5.74, 6) is 1.53. The first kappa shape index (κ1) is 20.2. The number of hydrogen-bond acceptors (Lipinski definition) is 5. The molecule has 0 N–H and O–H groups in total.